The molecule has 0 saturated heterocycles. The maximum absolute atomic E-state index is 13.1. The van der Waals surface area contributed by atoms with Crippen molar-refractivity contribution in [3.05, 3.63) is 48.6 Å². The first-order valence-corrected chi connectivity index (χ1v) is 19.4. The van der Waals surface area contributed by atoms with Crippen LogP contribution in [0.15, 0.2) is 48.6 Å². The van der Waals surface area contributed by atoms with Crippen LogP contribution in [-0.4, -0.2) is 22.3 Å². The zero-order valence-electron chi connectivity index (χ0n) is 30.2. The lowest BCUT2D eigenvalue weighted by molar-refractivity contribution is -0.152. The Morgan fingerprint density at radius 1 is 0.422 bits per heavy atom. The van der Waals surface area contributed by atoms with Gasteiger partial charge in [0.2, 0.25) is 0 Å². The van der Waals surface area contributed by atoms with Gasteiger partial charge in [0.1, 0.15) is 0 Å². The molecule has 0 fully saturated rings. The predicted octanol–water partition coefficient (Wildman–Crippen LogP) is 13.1. The number of Topliss-reactive ketones (excluding diaryl/α,β-unsaturated/α-hetero) is 2. The summed E-state index contributed by atoms with van der Waals surface area (Å²) in [6, 6.07) is 0. The monoisotopic (exact) mass is 627 g/mol. The summed E-state index contributed by atoms with van der Waals surface area (Å²) >= 11 is 0. The van der Waals surface area contributed by atoms with Crippen molar-refractivity contribution < 1.29 is 14.7 Å². The minimum atomic E-state index is -1.76. The molecule has 0 saturated carbocycles. The van der Waals surface area contributed by atoms with Gasteiger partial charge in [-0.15, -0.1) is 0 Å². The highest BCUT2D eigenvalue weighted by Gasteiger charge is 2.41. The summed E-state index contributed by atoms with van der Waals surface area (Å²) < 4.78 is 0. The molecule has 0 unspecified atom stereocenters. The van der Waals surface area contributed by atoms with Gasteiger partial charge in [-0.3, -0.25) is 9.59 Å². The van der Waals surface area contributed by atoms with Gasteiger partial charge in [-0.25, -0.2) is 0 Å². The average molecular weight is 627 g/mol. The Morgan fingerprint density at radius 2 is 0.733 bits per heavy atom. The Labute approximate surface area is 280 Å². The van der Waals surface area contributed by atoms with Crippen LogP contribution in [0.4, 0.5) is 0 Å². The van der Waals surface area contributed by atoms with Crippen molar-refractivity contribution in [3.8, 4) is 0 Å². The third-order valence-corrected chi connectivity index (χ3v) is 8.77. The third-order valence-electron chi connectivity index (χ3n) is 8.77. The number of aliphatic hydroxyl groups is 1. The topological polar surface area (TPSA) is 54.4 Å². The Morgan fingerprint density at radius 3 is 1.11 bits per heavy atom. The number of allylic oxidation sites excluding steroid dienone is 8. The van der Waals surface area contributed by atoms with E-state index < -0.39 is 5.60 Å². The third kappa shape index (κ3) is 27.1. The van der Waals surface area contributed by atoms with Crippen LogP contribution in [0.3, 0.4) is 0 Å². The van der Waals surface area contributed by atoms with Gasteiger partial charge in [0, 0.05) is 12.8 Å². The van der Waals surface area contributed by atoms with Gasteiger partial charge in [-0.1, -0.05) is 146 Å². The molecule has 0 spiro atoms. The van der Waals surface area contributed by atoms with E-state index in [9.17, 15) is 14.7 Å². The molecule has 0 aromatic rings. The summed E-state index contributed by atoms with van der Waals surface area (Å²) in [7, 11) is 0. The van der Waals surface area contributed by atoms with Crippen molar-refractivity contribution in [2.75, 3.05) is 0 Å². The van der Waals surface area contributed by atoms with Gasteiger partial charge < -0.3 is 5.11 Å². The van der Waals surface area contributed by atoms with Gasteiger partial charge >= 0.3 is 0 Å². The Kier molecular flexibility index (Phi) is 32.3. The summed E-state index contributed by atoms with van der Waals surface area (Å²) in [5, 5.41) is 11.3. The molecule has 1 N–H and O–H groups in total. The quantitative estimate of drug-likeness (QED) is 0.0439. The molecule has 0 rings (SSSR count). The van der Waals surface area contributed by atoms with Crippen LogP contribution in [0, 0.1) is 0 Å². The van der Waals surface area contributed by atoms with Gasteiger partial charge in [0.05, 0.1) is 0 Å². The fourth-order valence-electron chi connectivity index (χ4n) is 5.67. The number of hydrogen-bond donors (Lipinski definition) is 1. The van der Waals surface area contributed by atoms with Crippen LogP contribution in [0.2, 0.25) is 0 Å². The second-order valence-electron chi connectivity index (χ2n) is 13.1. The largest absolute Gasteiger partial charge is 0.375 e. The summed E-state index contributed by atoms with van der Waals surface area (Å²) in [5.74, 6) is -0.478. The van der Waals surface area contributed by atoms with Gasteiger partial charge in [0.15, 0.2) is 17.2 Å². The van der Waals surface area contributed by atoms with Crippen LogP contribution in [-0.2, 0) is 9.59 Å². The molecule has 3 heteroatoms. The van der Waals surface area contributed by atoms with Gasteiger partial charge in [-0.2, -0.15) is 0 Å². The maximum atomic E-state index is 13.1. The molecule has 260 valence electrons. The van der Waals surface area contributed by atoms with Crippen molar-refractivity contribution in [2.24, 2.45) is 0 Å². The fraction of sp³-hybridized carbons (Fsp3) is 0.762. The lowest BCUT2D eigenvalue weighted by Gasteiger charge is -2.25. The van der Waals surface area contributed by atoms with E-state index in [-0.39, 0.29) is 11.6 Å². The Balaban J connectivity index is 4.14. The molecule has 0 aliphatic heterocycles. The van der Waals surface area contributed by atoms with Crippen molar-refractivity contribution in [1.29, 1.82) is 0 Å². The lowest BCUT2D eigenvalue weighted by Crippen LogP contribution is -2.46. The number of carbonyl (C=O) groups is 2. The highest BCUT2D eigenvalue weighted by molar-refractivity contribution is 6.10. The second kappa shape index (κ2) is 33.6. The van der Waals surface area contributed by atoms with Crippen molar-refractivity contribution in [2.45, 2.75) is 206 Å². The smallest absolute Gasteiger partial charge is 0.181 e. The van der Waals surface area contributed by atoms with E-state index in [1.165, 1.54) is 64.2 Å². The zero-order valence-corrected chi connectivity index (χ0v) is 30.2. The molecule has 0 aliphatic carbocycles. The molecule has 0 bridgehead atoms. The van der Waals surface area contributed by atoms with Crippen LogP contribution in [0.5, 0.6) is 0 Å². The van der Waals surface area contributed by atoms with E-state index in [0.717, 1.165) is 96.3 Å². The first-order valence-electron chi connectivity index (χ1n) is 19.4. The van der Waals surface area contributed by atoms with Crippen molar-refractivity contribution in [3.63, 3.8) is 0 Å². The Bertz CT molecular complexity index is 730. The zero-order chi connectivity index (χ0) is 33.1. The number of hydrogen-bond acceptors (Lipinski definition) is 3. The van der Waals surface area contributed by atoms with E-state index in [4.69, 9.17) is 0 Å². The molecular weight excluding hydrogens is 552 g/mol. The SMILES string of the molecule is CCCCC/C=C\C/C=C\CCCCCCCC(=O)C(O)(CCCCC)C(=O)CCCCCCC/C=C\C/C=C\CCCCC. The molecule has 0 heterocycles. The molecule has 0 radical (unpaired) electrons. The van der Waals surface area contributed by atoms with E-state index in [1.807, 2.05) is 0 Å². The molecule has 0 atom stereocenters. The minimum Gasteiger partial charge on any atom is -0.375 e. The number of unbranched alkanes of at least 4 members (excludes halogenated alkanes) is 18. The lowest BCUT2D eigenvalue weighted by atomic mass is 9.83. The van der Waals surface area contributed by atoms with E-state index >= 15 is 0 Å². The number of ketones is 2. The summed E-state index contributed by atoms with van der Waals surface area (Å²) in [4.78, 5) is 26.2. The number of carbonyl (C=O) groups excluding carboxylic acids is 2. The summed E-state index contributed by atoms with van der Waals surface area (Å²) in [6.45, 7) is 6.59. The van der Waals surface area contributed by atoms with Crippen LogP contribution < -0.4 is 0 Å². The second-order valence-corrected chi connectivity index (χ2v) is 13.1. The van der Waals surface area contributed by atoms with E-state index in [1.54, 1.807) is 0 Å². The minimum absolute atomic E-state index is 0.239. The van der Waals surface area contributed by atoms with Gasteiger partial charge in [-0.05, 0) is 89.9 Å². The fourth-order valence-corrected chi connectivity index (χ4v) is 5.67. The predicted molar refractivity (Wildman–Crippen MR) is 198 cm³/mol. The molecule has 3 nitrogen and oxygen atoms in total. The highest BCUT2D eigenvalue weighted by atomic mass is 16.3. The van der Waals surface area contributed by atoms with E-state index in [0.29, 0.717) is 19.3 Å². The molecular formula is C42H74O3. The molecule has 0 aromatic carbocycles. The highest BCUT2D eigenvalue weighted by Crippen LogP contribution is 2.24. The molecule has 0 aliphatic rings. The first-order chi connectivity index (χ1) is 22.0. The maximum Gasteiger partial charge on any atom is 0.181 e. The first kappa shape index (κ1) is 43.3. The molecule has 45 heavy (non-hydrogen) atoms. The molecule has 0 aromatic heterocycles. The summed E-state index contributed by atoms with van der Waals surface area (Å²) in [5.41, 5.74) is -1.76. The number of rotatable bonds is 34. The van der Waals surface area contributed by atoms with Crippen LogP contribution >= 0.6 is 0 Å². The Hall–Kier alpha value is -1.74. The van der Waals surface area contributed by atoms with Crippen molar-refractivity contribution in [1.82, 2.24) is 0 Å². The normalized spacial score (nSPS) is 12.5. The van der Waals surface area contributed by atoms with Crippen molar-refractivity contribution >= 4 is 11.6 Å². The van der Waals surface area contributed by atoms with Gasteiger partial charge in [0.25, 0.3) is 0 Å². The molecule has 0 amide bonds. The van der Waals surface area contributed by atoms with Crippen LogP contribution in [0.25, 0.3) is 0 Å². The van der Waals surface area contributed by atoms with E-state index in [2.05, 4.69) is 69.4 Å². The average Bonchev–Trinajstić information content (AvgIpc) is 3.04. The summed E-state index contributed by atoms with van der Waals surface area (Å²) in [6.07, 6.45) is 46.8. The van der Waals surface area contributed by atoms with Crippen LogP contribution in [0.1, 0.15) is 201 Å². The standard InChI is InChI=1S/C42H74O3/c1-4-7-10-12-14-16-18-20-22-24-26-28-30-32-34-37-40(43)42(45,39-36-9-6-3)41(44)38-35-33-31-29-27-25-23-21-19-17-15-13-11-8-5-2/h14-17,20-23,45H,4-13,18-19,24-39H2,1-3H3/b16-14-,17-15-,22-20-,23-21-.